The number of nitrogens with one attached hydrogen (secondary N) is 2. The fourth-order valence-electron chi connectivity index (χ4n) is 4.43. The van der Waals surface area contributed by atoms with Gasteiger partial charge in [-0.3, -0.25) is 4.79 Å². The van der Waals surface area contributed by atoms with Gasteiger partial charge in [-0.05, 0) is 60.6 Å². The Bertz CT molecular complexity index is 936. The Morgan fingerprint density at radius 1 is 1.28 bits per heavy atom. The molecule has 1 aliphatic heterocycles. The van der Waals surface area contributed by atoms with E-state index >= 15 is 0 Å². The van der Waals surface area contributed by atoms with Crippen LogP contribution in [0.25, 0.3) is 0 Å². The summed E-state index contributed by atoms with van der Waals surface area (Å²) in [4.78, 5) is 11.7. The number of ether oxygens (including phenoxy) is 2. The van der Waals surface area contributed by atoms with Gasteiger partial charge >= 0.3 is 0 Å². The highest BCUT2D eigenvalue weighted by molar-refractivity contribution is 5.73. The summed E-state index contributed by atoms with van der Waals surface area (Å²) in [5.41, 5.74) is 3.61. The lowest BCUT2D eigenvalue weighted by atomic mass is 9.97. The minimum absolute atomic E-state index is 0.0461. The van der Waals surface area contributed by atoms with Crippen molar-refractivity contribution in [3.63, 3.8) is 0 Å². The quantitative estimate of drug-likeness (QED) is 0.557. The van der Waals surface area contributed by atoms with Crippen molar-refractivity contribution in [2.45, 2.75) is 56.9 Å². The van der Waals surface area contributed by atoms with Gasteiger partial charge in [-0.15, -0.1) is 0 Å². The standard InChI is InChI=1S/C25H31FN2O4/c1-16-8-18(10-21(26)9-16)11-22(28-17(2)29)23(30)13-27-25(6-7-25)20-5-3-4-19(12-20)24-14-31-15-32-24/h3-5,8-10,12,22-24,27,30H,6-7,11,13-15H2,1-2H3,(H,28,29). The molecule has 2 aliphatic rings. The van der Waals surface area contributed by atoms with Crippen LogP contribution in [-0.4, -0.2) is 43.1 Å². The van der Waals surface area contributed by atoms with Crippen molar-refractivity contribution in [3.05, 3.63) is 70.5 Å². The molecule has 1 heterocycles. The summed E-state index contributed by atoms with van der Waals surface area (Å²) in [6.45, 7) is 4.44. The fraction of sp³-hybridized carbons (Fsp3) is 0.480. The average molecular weight is 443 g/mol. The maximum absolute atomic E-state index is 13.8. The molecule has 0 radical (unpaired) electrons. The van der Waals surface area contributed by atoms with Crippen LogP contribution in [-0.2, 0) is 26.2 Å². The molecule has 0 aromatic heterocycles. The van der Waals surface area contributed by atoms with Crippen LogP contribution < -0.4 is 10.6 Å². The van der Waals surface area contributed by atoms with Gasteiger partial charge in [0.25, 0.3) is 0 Å². The number of aliphatic hydroxyl groups excluding tert-OH is 1. The molecule has 7 heteroatoms. The number of amides is 1. The summed E-state index contributed by atoms with van der Waals surface area (Å²) in [6.07, 6.45) is 1.42. The molecule has 1 amide bonds. The Morgan fingerprint density at radius 2 is 2.09 bits per heavy atom. The van der Waals surface area contributed by atoms with Gasteiger partial charge in [0, 0.05) is 19.0 Å². The van der Waals surface area contributed by atoms with Crippen molar-refractivity contribution in [1.29, 1.82) is 0 Å². The molecule has 1 aliphatic carbocycles. The van der Waals surface area contributed by atoms with Crippen LogP contribution in [0.4, 0.5) is 4.39 Å². The molecule has 0 bridgehead atoms. The number of hydrogen-bond acceptors (Lipinski definition) is 5. The Kier molecular flexibility index (Phi) is 6.90. The van der Waals surface area contributed by atoms with Crippen LogP contribution in [0.1, 0.15) is 48.1 Å². The van der Waals surface area contributed by atoms with Crippen molar-refractivity contribution in [2.24, 2.45) is 0 Å². The second kappa shape index (κ2) is 9.67. The number of aryl methyl sites for hydroxylation is 1. The molecule has 2 aromatic carbocycles. The second-order valence-corrected chi connectivity index (χ2v) is 8.95. The topological polar surface area (TPSA) is 79.8 Å². The van der Waals surface area contributed by atoms with Gasteiger partial charge in [0.2, 0.25) is 5.91 Å². The van der Waals surface area contributed by atoms with Crippen molar-refractivity contribution in [2.75, 3.05) is 19.9 Å². The van der Waals surface area contributed by atoms with Crippen LogP contribution in [0.5, 0.6) is 0 Å². The van der Waals surface area contributed by atoms with E-state index in [9.17, 15) is 14.3 Å². The van der Waals surface area contributed by atoms with E-state index in [1.165, 1.54) is 19.1 Å². The lowest BCUT2D eigenvalue weighted by molar-refractivity contribution is -0.120. The molecule has 6 nitrogen and oxygen atoms in total. The largest absolute Gasteiger partial charge is 0.390 e. The van der Waals surface area contributed by atoms with Crippen molar-refractivity contribution in [1.82, 2.24) is 10.6 Å². The van der Waals surface area contributed by atoms with E-state index in [2.05, 4.69) is 22.8 Å². The maximum Gasteiger partial charge on any atom is 0.217 e. The molecular weight excluding hydrogens is 411 g/mol. The van der Waals surface area contributed by atoms with E-state index in [1.54, 1.807) is 0 Å². The Labute approximate surface area is 188 Å². The SMILES string of the molecule is CC(=O)NC(Cc1cc(C)cc(F)c1)C(O)CNC1(c2cccc(C3COCO3)c2)CC1. The zero-order valence-corrected chi connectivity index (χ0v) is 18.6. The normalized spacial score (nSPS) is 21.2. The number of benzene rings is 2. The lowest BCUT2D eigenvalue weighted by Gasteiger charge is -2.27. The average Bonchev–Trinajstić information content (AvgIpc) is 3.33. The van der Waals surface area contributed by atoms with Gasteiger partial charge in [-0.2, -0.15) is 0 Å². The zero-order chi connectivity index (χ0) is 22.7. The number of carbonyl (C=O) groups excluding carboxylic acids is 1. The number of rotatable bonds is 9. The summed E-state index contributed by atoms with van der Waals surface area (Å²) >= 11 is 0. The third-order valence-corrected chi connectivity index (χ3v) is 6.24. The van der Waals surface area contributed by atoms with Gasteiger partial charge < -0.3 is 25.2 Å². The highest BCUT2D eigenvalue weighted by atomic mass is 19.1. The van der Waals surface area contributed by atoms with Gasteiger partial charge in [-0.25, -0.2) is 4.39 Å². The molecule has 3 N–H and O–H groups in total. The van der Waals surface area contributed by atoms with Gasteiger partial charge in [0.05, 0.1) is 18.8 Å². The Balaban J connectivity index is 1.42. The summed E-state index contributed by atoms with van der Waals surface area (Å²) in [5.74, 6) is -0.544. The first-order valence-electron chi connectivity index (χ1n) is 11.1. The van der Waals surface area contributed by atoms with Crippen LogP contribution in [0, 0.1) is 12.7 Å². The molecule has 32 heavy (non-hydrogen) atoms. The summed E-state index contributed by atoms with van der Waals surface area (Å²) in [7, 11) is 0. The zero-order valence-electron chi connectivity index (χ0n) is 18.6. The van der Waals surface area contributed by atoms with E-state index in [-0.39, 0.29) is 23.4 Å². The third-order valence-electron chi connectivity index (χ3n) is 6.24. The molecule has 1 saturated carbocycles. The van der Waals surface area contributed by atoms with Gasteiger partial charge in [0.1, 0.15) is 18.7 Å². The number of carbonyl (C=O) groups is 1. The predicted octanol–water partition coefficient (Wildman–Crippen LogP) is 2.87. The van der Waals surface area contributed by atoms with E-state index in [4.69, 9.17) is 9.47 Å². The van der Waals surface area contributed by atoms with Gasteiger partial charge in [-0.1, -0.05) is 30.3 Å². The minimum Gasteiger partial charge on any atom is -0.390 e. The summed E-state index contributed by atoms with van der Waals surface area (Å²) < 4.78 is 24.7. The molecule has 3 atom stereocenters. The first kappa shape index (κ1) is 22.9. The molecule has 2 fully saturated rings. The first-order valence-corrected chi connectivity index (χ1v) is 11.1. The summed E-state index contributed by atoms with van der Waals surface area (Å²) in [6, 6.07) is 12.6. The smallest absolute Gasteiger partial charge is 0.217 e. The van der Waals surface area contributed by atoms with Crippen LogP contribution >= 0.6 is 0 Å². The molecule has 4 rings (SSSR count). The number of aliphatic hydroxyl groups is 1. The van der Waals surface area contributed by atoms with Crippen molar-refractivity contribution < 1.29 is 23.8 Å². The molecule has 2 aromatic rings. The fourth-order valence-corrected chi connectivity index (χ4v) is 4.43. The van der Waals surface area contributed by atoms with Gasteiger partial charge in [0.15, 0.2) is 0 Å². The summed E-state index contributed by atoms with van der Waals surface area (Å²) in [5, 5.41) is 17.3. The van der Waals surface area contributed by atoms with Crippen LogP contribution in [0.15, 0.2) is 42.5 Å². The predicted molar refractivity (Wildman–Crippen MR) is 118 cm³/mol. The third kappa shape index (κ3) is 5.53. The van der Waals surface area contributed by atoms with E-state index in [0.717, 1.165) is 35.1 Å². The van der Waals surface area contributed by atoms with Crippen LogP contribution in [0.2, 0.25) is 0 Å². The molecule has 1 saturated heterocycles. The van der Waals surface area contributed by atoms with Crippen molar-refractivity contribution >= 4 is 5.91 Å². The second-order valence-electron chi connectivity index (χ2n) is 8.95. The molecule has 172 valence electrons. The monoisotopic (exact) mass is 442 g/mol. The Hall–Kier alpha value is -2.32. The highest BCUT2D eigenvalue weighted by Gasteiger charge is 2.44. The van der Waals surface area contributed by atoms with E-state index in [0.29, 0.717) is 26.4 Å². The van der Waals surface area contributed by atoms with E-state index in [1.807, 2.05) is 25.1 Å². The van der Waals surface area contributed by atoms with E-state index < -0.39 is 12.1 Å². The minimum atomic E-state index is -0.824. The maximum atomic E-state index is 13.8. The molecule has 0 spiro atoms. The molecule has 3 unspecified atom stereocenters. The lowest BCUT2D eigenvalue weighted by Crippen LogP contribution is -2.49. The number of halogens is 1. The highest BCUT2D eigenvalue weighted by Crippen LogP contribution is 2.46. The van der Waals surface area contributed by atoms with Crippen LogP contribution in [0.3, 0.4) is 0 Å². The Morgan fingerprint density at radius 3 is 2.75 bits per heavy atom. The first-order chi connectivity index (χ1) is 15.3. The van der Waals surface area contributed by atoms with Crippen molar-refractivity contribution in [3.8, 4) is 0 Å². The molecular formula is C25H31FN2O4. The number of hydrogen-bond donors (Lipinski definition) is 3.